The molecule has 2 aliphatic heterocycles. The molecule has 2 aromatic rings. The first-order valence-corrected chi connectivity index (χ1v) is 9.99. The second kappa shape index (κ2) is 8.23. The Morgan fingerprint density at radius 2 is 1.89 bits per heavy atom. The van der Waals surface area contributed by atoms with E-state index in [0.29, 0.717) is 18.1 Å². The molecular formula is C20H21F3N2O2S. The van der Waals surface area contributed by atoms with Crippen LogP contribution in [0, 0.1) is 0 Å². The lowest BCUT2D eigenvalue weighted by Crippen LogP contribution is -2.28. The summed E-state index contributed by atoms with van der Waals surface area (Å²) in [6.07, 6.45) is -3.36. The highest BCUT2D eigenvalue weighted by Crippen LogP contribution is 2.33. The third kappa shape index (κ3) is 4.74. The van der Waals surface area contributed by atoms with E-state index >= 15 is 0 Å². The van der Waals surface area contributed by atoms with Crippen LogP contribution < -0.4 is 14.2 Å². The van der Waals surface area contributed by atoms with Gasteiger partial charge in [0.2, 0.25) is 0 Å². The molecule has 4 rings (SSSR count). The first-order valence-electron chi connectivity index (χ1n) is 9.18. The molecule has 1 saturated heterocycles. The normalized spacial score (nSPS) is 19.8. The zero-order valence-corrected chi connectivity index (χ0v) is 16.0. The average molecular weight is 410 g/mol. The number of alkyl halides is 3. The van der Waals surface area contributed by atoms with E-state index in [1.165, 1.54) is 24.1 Å². The molecule has 0 saturated carbocycles. The Bertz CT molecular complexity index is 831. The van der Waals surface area contributed by atoms with Crippen LogP contribution in [0.4, 0.5) is 13.2 Å². The molecule has 8 heteroatoms. The number of rotatable bonds is 5. The van der Waals surface area contributed by atoms with Gasteiger partial charge in [0.1, 0.15) is 13.2 Å². The minimum atomic E-state index is -4.32. The van der Waals surface area contributed by atoms with Crippen molar-refractivity contribution < 1.29 is 22.6 Å². The summed E-state index contributed by atoms with van der Waals surface area (Å²) in [5.41, 5.74) is 0.543. The van der Waals surface area contributed by atoms with Crippen LogP contribution >= 0.6 is 11.9 Å². The van der Waals surface area contributed by atoms with E-state index in [9.17, 15) is 13.2 Å². The van der Waals surface area contributed by atoms with E-state index in [-0.39, 0.29) is 6.04 Å². The fourth-order valence-corrected chi connectivity index (χ4v) is 4.23. The zero-order valence-electron chi connectivity index (χ0n) is 15.2. The van der Waals surface area contributed by atoms with Crippen LogP contribution in [0.2, 0.25) is 0 Å². The predicted octanol–water partition coefficient (Wildman–Crippen LogP) is 4.35. The summed E-state index contributed by atoms with van der Waals surface area (Å²) < 4.78 is 52.9. The lowest BCUT2D eigenvalue weighted by atomic mass is 10.2. The van der Waals surface area contributed by atoms with Gasteiger partial charge < -0.3 is 9.47 Å². The Hall–Kier alpha value is -1.90. The Kier molecular flexibility index (Phi) is 5.70. The van der Waals surface area contributed by atoms with Crippen LogP contribution in [0.5, 0.6) is 11.5 Å². The van der Waals surface area contributed by atoms with Gasteiger partial charge in [0.15, 0.2) is 11.5 Å². The molecule has 0 radical (unpaired) electrons. The first-order chi connectivity index (χ1) is 13.5. The van der Waals surface area contributed by atoms with Gasteiger partial charge in [-0.3, -0.25) is 9.62 Å². The van der Waals surface area contributed by atoms with Crippen molar-refractivity contribution in [2.45, 2.75) is 30.1 Å². The van der Waals surface area contributed by atoms with E-state index in [0.717, 1.165) is 49.2 Å². The first kappa shape index (κ1) is 19.4. The summed E-state index contributed by atoms with van der Waals surface area (Å²) in [6.45, 7) is 3.74. The van der Waals surface area contributed by atoms with Crippen molar-refractivity contribution in [1.82, 2.24) is 9.62 Å². The molecule has 2 heterocycles. The molecule has 28 heavy (non-hydrogen) atoms. The van der Waals surface area contributed by atoms with E-state index in [4.69, 9.17) is 9.47 Å². The minimum Gasteiger partial charge on any atom is -0.486 e. The quantitative estimate of drug-likeness (QED) is 0.742. The molecule has 1 fully saturated rings. The molecule has 1 unspecified atom stereocenters. The smallest absolute Gasteiger partial charge is 0.416 e. The molecular weight excluding hydrogens is 389 g/mol. The highest BCUT2D eigenvalue weighted by molar-refractivity contribution is 7.97. The topological polar surface area (TPSA) is 33.7 Å². The number of halogens is 3. The summed E-state index contributed by atoms with van der Waals surface area (Å²) >= 11 is 1.26. The van der Waals surface area contributed by atoms with Gasteiger partial charge in [-0.2, -0.15) is 13.2 Å². The molecule has 4 nitrogen and oxygen atoms in total. The lowest BCUT2D eigenvalue weighted by molar-refractivity contribution is -0.137. The van der Waals surface area contributed by atoms with Gasteiger partial charge in [0.05, 0.1) is 5.56 Å². The second-order valence-corrected chi connectivity index (χ2v) is 7.86. The maximum atomic E-state index is 12.8. The highest BCUT2D eigenvalue weighted by Gasteiger charge is 2.30. The number of hydrogen-bond acceptors (Lipinski definition) is 5. The molecule has 0 aromatic heterocycles. The maximum absolute atomic E-state index is 12.8. The van der Waals surface area contributed by atoms with Crippen LogP contribution in [-0.4, -0.2) is 37.2 Å². The Labute approximate surface area is 166 Å². The Balaban J connectivity index is 1.29. The van der Waals surface area contributed by atoms with E-state index in [2.05, 4.69) is 9.62 Å². The van der Waals surface area contributed by atoms with Crippen molar-refractivity contribution in [2.24, 2.45) is 0 Å². The van der Waals surface area contributed by atoms with Crippen LogP contribution in [0.1, 0.15) is 17.5 Å². The molecule has 0 bridgehead atoms. The second-order valence-electron chi connectivity index (χ2n) is 6.94. The SMILES string of the molecule is FC(F)(F)c1cccc(SNC2CCN(Cc3ccc4c(c3)OCCO4)C2)c1. The van der Waals surface area contributed by atoms with Gasteiger partial charge in [-0.1, -0.05) is 12.1 Å². The maximum Gasteiger partial charge on any atom is 0.416 e. The van der Waals surface area contributed by atoms with Crippen molar-refractivity contribution in [3.8, 4) is 11.5 Å². The van der Waals surface area contributed by atoms with Gasteiger partial charge in [0.25, 0.3) is 0 Å². The Morgan fingerprint density at radius 1 is 1.07 bits per heavy atom. The molecule has 1 N–H and O–H groups in total. The number of nitrogens with zero attached hydrogens (tertiary/aromatic N) is 1. The Morgan fingerprint density at radius 3 is 2.71 bits per heavy atom. The average Bonchev–Trinajstić information content (AvgIpc) is 3.13. The van der Waals surface area contributed by atoms with Crippen LogP contribution in [0.25, 0.3) is 0 Å². The summed E-state index contributed by atoms with van der Waals surface area (Å²) in [5.74, 6) is 1.58. The predicted molar refractivity (Wildman–Crippen MR) is 102 cm³/mol. The summed E-state index contributed by atoms with van der Waals surface area (Å²) in [7, 11) is 0. The molecule has 2 aromatic carbocycles. The highest BCUT2D eigenvalue weighted by atomic mass is 32.2. The molecule has 0 amide bonds. The summed E-state index contributed by atoms with van der Waals surface area (Å²) in [4.78, 5) is 2.90. The van der Waals surface area contributed by atoms with Crippen LogP contribution in [-0.2, 0) is 12.7 Å². The molecule has 2 aliphatic rings. The van der Waals surface area contributed by atoms with Gasteiger partial charge in [-0.15, -0.1) is 0 Å². The zero-order chi connectivity index (χ0) is 19.6. The molecule has 0 aliphatic carbocycles. The van der Waals surface area contributed by atoms with Gasteiger partial charge >= 0.3 is 6.18 Å². The number of hydrogen-bond donors (Lipinski definition) is 1. The fraction of sp³-hybridized carbons (Fsp3) is 0.400. The molecule has 0 spiro atoms. The fourth-order valence-electron chi connectivity index (χ4n) is 3.40. The largest absolute Gasteiger partial charge is 0.486 e. The number of likely N-dealkylation sites (tertiary alicyclic amines) is 1. The lowest BCUT2D eigenvalue weighted by Gasteiger charge is -2.21. The number of benzene rings is 2. The van der Waals surface area contributed by atoms with Gasteiger partial charge in [0, 0.05) is 30.6 Å². The molecule has 1 atom stereocenters. The monoisotopic (exact) mass is 410 g/mol. The van der Waals surface area contributed by atoms with Crippen LogP contribution in [0.3, 0.4) is 0 Å². The van der Waals surface area contributed by atoms with E-state index in [1.54, 1.807) is 6.07 Å². The van der Waals surface area contributed by atoms with Crippen molar-refractivity contribution >= 4 is 11.9 Å². The third-order valence-corrected chi connectivity index (χ3v) is 5.73. The third-order valence-electron chi connectivity index (χ3n) is 4.79. The van der Waals surface area contributed by atoms with Crippen molar-refractivity contribution in [3.05, 3.63) is 53.6 Å². The number of ether oxygens (including phenoxy) is 2. The van der Waals surface area contributed by atoms with Gasteiger partial charge in [-0.25, -0.2) is 0 Å². The van der Waals surface area contributed by atoms with Crippen molar-refractivity contribution in [3.63, 3.8) is 0 Å². The number of fused-ring (bicyclic) bond motifs is 1. The number of nitrogens with one attached hydrogen (secondary N) is 1. The summed E-state index contributed by atoms with van der Waals surface area (Å²) in [5, 5.41) is 0. The van der Waals surface area contributed by atoms with E-state index < -0.39 is 11.7 Å². The van der Waals surface area contributed by atoms with Crippen molar-refractivity contribution in [1.29, 1.82) is 0 Å². The van der Waals surface area contributed by atoms with Gasteiger partial charge in [-0.05, 0) is 54.3 Å². The minimum absolute atomic E-state index is 0.233. The van der Waals surface area contributed by atoms with Crippen molar-refractivity contribution in [2.75, 3.05) is 26.3 Å². The summed E-state index contributed by atoms with van der Waals surface area (Å²) in [6, 6.07) is 11.6. The molecule has 150 valence electrons. The van der Waals surface area contributed by atoms with E-state index in [1.807, 2.05) is 18.2 Å². The van der Waals surface area contributed by atoms with Crippen LogP contribution in [0.15, 0.2) is 47.4 Å². The standard InChI is InChI=1S/C20H21F3N2O2S/c21-20(22,23)15-2-1-3-17(11-15)28-24-16-6-7-25(13-16)12-14-4-5-18-19(10-14)27-9-8-26-18/h1-5,10-11,16,24H,6-9,12-13H2.